The van der Waals surface area contributed by atoms with Crippen LogP contribution in [0.4, 0.5) is 26.3 Å². The average Bonchev–Trinajstić information content (AvgIpc) is 3.33. The number of Topliss-reactive ketones (excluding diaryl/α,β-unsaturated/α-hetero) is 1. The van der Waals surface area contributed by atoms with Crippen molar-refractivity contribution < 1.29 is 35.9 Å². The van der Waals surface area contributed by atoms with Gasteiger partial charge in [0.05, 0.1) is 23.8 Å². The van der Waals surface area contributed by atoms with Gasteiger partial charge in [-0.25, -0.2) is 9.89 Å². The fourth-order valence-electron chi connectivity index (χ4n) is 5.36. The van der Waals surface area contributed by atoms with Crippen molar-refractivity contribution in [1.82, 2.24) is 14.8 Å². The Bertz CT molecular complexity index is 1340. The van der Waals surface area contributed by atoms with Gasteiger partial charge in [0.1, 0.15) is 11.9 Å². The minimum atomic E-state index is -4.97. The van der Waals surface area contributed by atoms with Crippen LogP contribution in [-0.2, 0) is 32.8 Å². The molecule has 4 rings (SSSR count). The van der Waals surface area contributed by atoms with E-state index in [0.29, 0.717) is 25.0 Å². The van der Waals surface area contributed by atoms with E-state index in [1.54, 1.807) is 0 Å². The van der Waals surface area contributed by atoms with E-state index < -0.39 is 46.2 Å². The molecular weight excluding hydrogens is 528 g/mol. The number of halogens is 6. The number of carbonyl (C=O) groups excluding carboxylic acids is 1. The normalized spacial score (nSPS) is 23.0. The number of nitrogens with zero attached hydrogens (tertiary/aromatic N) is 2. The molecule has 1 N–H and O–H groups in total. The number of benzene rings is 2. The Balaban J connectivity index is 1.64. The molecule has 1 aliphatic rings. The Morgan fingerprint density at radius 1 is 1.00 bits per heavy atom. The first-order valence-electron chi connectivity index (χ1n) is 12.3. The van der Waals surface area contributed by atoms with Crippen LogP contribution in [0.25, 0.3) is 0 Å². The lowest BCUT2D eigenvalue weighted by atomic mass is 9.63. The van der Waals surface area contributed by atoms with E-state index in [9.17, 15) is 35.9 Å². The minimum absolute atomic E-state index is 0.0238. The first-order chi connectivity index (χ1) is 18.2. The Morgan fingerprint density at radius 3 is 2.03 bits per heavy atom. The lowest BCUT2D eigenvalue weighted by Crippen LogP contribution is -2.51. The van der Waals surface area contributed by atoms with Gasteiger partial charge in [-0.2, -0.15) is 31.4 Å². The lowest BCUT2D eigenvalue weighted by Gasteiger charge is -2.46. The van der Waals surface area contributed by atoms with Gasteiger partial charge in [0.15, 0.2) is 5.78 Å². The van der Waals surface area contributed by atoms with Crippen LogP contribution in [-0.4, -0.2) is 27.2 Å². The molecule has 12 heteroatoms. The highest BCUT2D eigenvalue weighted by molar-refractivity contribution is 5.84. The van der Waals surface area contributed by atoms with E-state index in [1.165, 1.54) is 24.7 Å². The highest BCUT2D eigenvalue weighted by Crippen LogP contribution is 2.47. The summed E-state index contributed by atoms with van der Waals surface area (Å²) < 4.78 is 87.5. The summed E-state index contributed by atoms with van der Waals surface area (Å²) in [5, 5.41) is 6.06. The number of H-pyrrole nitrogens is 1. The SMILES string of the molecule is CC(=O)[C@]1(n2cn[nH]c2=O)CC[C@@](CO[C@H](C)c2cc(C(F)(F)F)cc(C(F)(F)F)c2)(c2ccccc2)CC1. The maximum Gasteiger partial charge on any atom is 0.416 e. The van der Waals surface area contributed by atoms with E-state index in [4.69, 9.17) is 4.74 Å². The first-order valence-corrected chi connectivity index (χ1v) is 12.3. The number of hydrogen-bond acceptors (Lipinski definition) is 4. The number of hydrogen-bond donors (Lipinski definition) is 1. The smallest absolute Gasteiger partial charge is 0.373 e. The van der Waals surface area contributed by atoms with Gasteiger partial charge in [0.25, 0.3) is 0 Å². The summed E-state index contributed by atoms with van der Waals surface area (Å²) >= 11 is 0. The molecule has 39 heavy (non-hydrogen) atoms. The number of aromatic nitrogens is 3. The third-order valence-corrected chi connectivity index (χ3v) is 7.78. The van der Waals surface area contributed by atoms with Crippen LogP contribution in [0.15, 0.2) is 59.7 Å². The van der Waals surface area contributed by atoms with Crippen LogP contribution in [0.2, 0.25) is 0 Å². The number of carbonyl (C=O) groups is 1. The van der Waals surface area contributed by atoms with Crippen molar-refractivity contribution in [3.8, 4) is 0 Å². The number of nitrogens with one attached hydrogen (secondary N) is 1. The van der Waals surface area contributed by atoms with Crippen molar-refractivity contribution in [2.24, 2.45) is 0 Å². The van der Waals surface area contributed by atoms with Crippen molar-refractivity contribution in [2.75, 3.05) is 6.61 Å². The fourth-order valence-corrected chi connectivity index (χ4v) is 5.36. The number of ketones is 1. The number of ether oxygens (including phenoxy) is 1. The summed E-state index contributed by atoms with van der Waals surface area (Å²) in [4.78, 5) is 25.1. The molecule has 0 aliphatic heterocycles. The van der Waals surface area contributed by atoms with Crippen molar-refractivity contribution >= 4 is 5.78 Å². The Morgan fingerprint density at radius 2 is 1.56 bits per heavy atom. The van der Waals surface area contributed by atoms with Crippen molar-refractivity contribution in [3.63, 3.8) is 0 Å². The molecule has 1 aromatic heterocycles. The zero-order chi connectivity index (χ0) is 28.6. The van der Waals surface area contributed by atoms with Gasteiger partial charge < -0.3 is 4.74 Å². The van der Waals surface area contributed by atoms with Gasteiger partial charge in [-0.05, 0) is 68.9 Å². The Labute approximate surface area is 220 Å². The first kappa shape index (κ1) is 28.6. The van der Waals surface area contributed by atoms with Crippen molar-refractivity contribution in [2.45, 2.75) is 68.9 Å². The van der Waals surface area contributed by atoms with Crippen LogP contribution >= 0.6 is 0 Å². The fraction of sp³-hybridized carbons (Fsp3) is 0.444. The third-order valence-electron chi connectivity index (χ3n) is 7.78. The summed E-state index contributed by atoms with van der Waals surface area (Å²) in [6.45, 7) is 2.78. The molecule has 0 saturated heterocycles. The topological polar surface area (TPSA) is 77.0 Å². The van der Waals surface area contributed by atoms with Gasteiger partial charge in [-0.1, -0.05) is 30.3 Å². The molecular formula is C27H27F6N3O3. The molecule has 0 unspecified atom stereocenters. The number of aromatic amines is 1. The van der Waals surface area contributed by atoms with Gasteiger partial charge in [-0.3, -0.25) is 9.36 Å². The molecule has 1 heterocycles. The molecule has 1 saturated carbocycles. The predicted molar refractivity (Wildman–Crippen MR) is 129 cm³/mol. The van der Waals surface area contributed by atoms with E-state index in [0.717, 1.165) is 5.56 Å². The molecule has 1 atom stereocenters. The lowest BCUT2D eigenvalue weighted by molar-refractivity contribution is -0.143. The van der Waals surface area contributed by atoms with Gasteiger partial charge in [0, 0.05) is 5.41 Å². The zero-order valence-corrected chi connectivity index (χ0v) is 21.2. The molecule has 2 aromatic carbocycles. The second-order valence-electron chi connectivity index (χ2n) is 10.1. The molecule has 1 aliphatic carbocycles. The summed E-state index contributed by atoms with van der Waals surface area (Å²) in [7, 11) is 0. The summed E-state index contributed by atoms with van der Waals surface area (Å²) in [5.41, 5.74) is -4.56. The van der Waals surface area contributed by atoms with Crippen LogP contribution in [0, 0.1) is 0 Å². The molecule has 6 nitrogen and oxygen atoms in total. The summed E-state index contributed by atoms with van der Waals surface area (Å²) in [5.74, 6) is -0.217. The van der Waals surface area contributed by atoms with E-state index >= 15 is 0 Å². The molecule has 1 fully saturated rings. The Kier molecular flexibility index (Phi) is 7.54. The molecule has 0 amide bonds. The maximum absolute atomic E-state index is 13.4. The largest absolute Gasteiger partial charge is 0.416 e. The monoisotopic (exact) mass is 555 g/mol. The highest BCUT2D eigenvalue weighted by Gasteiger charge is 2.48. The maximum atomic E-state index is 13.4. The summed E-state index contributed by atoms with van der Waals surface area (Å²) in [6.07, 6.45) is -8.48. The Hall–Kier alpha value is -3.41. The van der Waals surface area contributed by atoms with E-state index in [2.05, 4.69) is 10.2 Å². The van der Waals surface area contributed by atoms with Crippen LogP contribution in [0.1, 0.15) is 67.9 Å². The highest BCUT2D eigenvalue weighted by atomic mass is 19.4. The molecule has 0 spiro atoms. The molecule has 0 bridgehead atoms. The third kappa shape index (κ3) is 5.66. The van der Waals surface area contributed by atoms with Gasteiger partial charge >= 0.3 is 18.0 Å². The molecule has 3 aromatic rings. The van der Waals surface area contributed by atoms with Crippen molar-refractivity contribution in [1.29, 1.82) is 0 Å². The van der Waals surface area contributed by atoms with Crippen LogP contribution in [0.5, 0.6) is 0 Å². The number of rotatable bonds is 7. The standard InChI is InChI=1S/C27H27F6N3O3/c1-17(19-12-21(26(28,29)30)14-22(13-19)27(31,32)33)39-15-24(20-6-4-3-5-7-20)8-10-25(11-9-24,18(2)37)36-16-34-35-23(36)38/h3-7,12-14,16-17H,8-11,15H2,1-2H3,(H,35,38)/t17-,24-,25+/m1/s1. The zero-order valence-electron chi connectivity index (χ0n) is 21.2. The summed E-state index contributed by atoms with van der Waals surface area (Å²) in [6, 6.07) is 10.6. The predicted octanol–water partition coefficient (Wildman–Crippen LogP) is 6.18. The van der Waals surface area contributed by atoms with E-state index in [1.807, 2.05) is 30.3 Å². The van der Waals surface area contributed by atoms with Crippen molar-refractivity contribution in [3.05, 3.63) is 87.6 Å². The second kappa shape index (κ2) is 10.3. The van der Waals surface area contributed by atoms with Gasteiger partial charge in [0.2, 0.25) is 0 Å². The average molecular weight is 556 g/mol. The molecule has 0 radical (unpaired) electrons. The minimum Gasteiger partial charge on any atom is -0.373 e. The quantitative estimate of drug-likeness (QED) is 0.353. The second-order valence-corrected chi connectivity index (χ2v) is 10.1. The number of alkyl halides is 6. The van der Waals surface area contributed by atoms with Crippen LogP contribution < -0.4 is 5.69 Å². The van der Waals surface area contributed by atoms with E-state index in [-0.39, 0.29) is 36.9 Å². The van der Waals surface area contributed by atoms with Gasteiger partial charge in [-0.15, -0.1) is 0 Å². The molecule has 210 valence electrons. The van der Waals surface area contributed by atoms with Crippen LogP contribution in [0.3, 0.4) is 0 Å².